The maximum absolute atomic E-state index is 13.7. The molecule has 0 aromatic heterocycles. The van der Waals surface area contributed by atoms with Crippen LogP contribution in [0.1, 0.15) is 11.1 Å². The van der Waals surface area contributed by atoms with Crippen molar-refractivity contribution in [2.75, 3.05) is 19.0 Å². The van der Waals surface area contributed by atoms with Crippen molar-refractivity contribution < 1.29 is 13.9 Å². The summed E-state index contributed by atoms with van der Waals surface area (Å²) in [5.74, 6) is -0.125. The van der Waals surface area contributed by atoms with Gasteiger partial charge in [-0.15, -0.1) is 0 Å². The number of carbonyl (C=O) groups is 1. The van der Waals surface area contributed by atoms with Crippen molar-refractivity contribution in [3.8, 4) is 5.75 Å². The molecule has 2 aromatic rings. The van der Waals surface area contributed by atoms with E-state index in [1.54, 1.807) is 18.2 Å². The molecule has 1 aliphatic heterocycles. The third-order valence-electron chi connectivity index (χ3n) is 3.31. The molecule has 0 saturated heterocycles. The Labute approximate surface area is 131 Å². The van der Waals surface area contributed by atoms with Crippen LogP contribution in [0, 0.1) is 5.82 Å². The number of halogens is 2. The highest BCUT2D eigenvalue weighted by atomic mass is 35.5. The fourth-order valence-corrected chi connectivity index (χ4v) is 2.51. The van der Waals surface area contributed by atoms with Crippen LogP contribution in [0.4, 0.5) is 10.1 Å². The molecule has 22 heavy (non-hydrogen) atoms. The summed E-state index contributed by atoms with van der Waals surface area (Å²) in [7, 11) is 1.53. The number of hydrogen-bond acceptors (Lipinski definition) is 3. The molecular formula is C16H12ClFN2O2. The Morgan fingerprint density at radius 2 is 2.05 bits per heavy atom. The van der Waals surface area contributed by atoms with Gasteiger partial charge < -0.3 is 10.1 Å². The number of fused-ring (bicyclic) bond motifs is 1. The van der Waals surface area contributed by atoms with E-state index >= 15 is 0 Å². The quantitative estimate of drug-likeness (QED) is 0.924. The number of anilines is 1. The third kappa shape index (κ3) is 2.67. The molecule has 1 N–H and O–H groups in total. The van der Waals surface area contributed by atoms with Crippen LogP contribution in [0.3, 0.4) is 0 Å². The number of benzodiazepines with no additional fused rings is 1. The second-order valence-electron chi connectivity index (χ2n) is 4.75. The van der Waals surface area contributed by atoms with Gasteiger partial charge >= 0.3 is 0 Å². The summed E-state index contributed by atoms with van der Waals surface area (Å²) in [6.45, 7) is -0.0543. The lowest BCUT2D eigenvalue weighted by atomic mass is 9.99. The topological polar surface area (TPSA) is 50.7 Å². The van der Waals surface area contributed by atoms with Gasteiger partial charge in [-0.2, -0.15) is 0 Å². The largest absolute Gasteiger partial charge is 0.496 e. The average molecular weight is 319 g/mol. The number of hydrogen-bond donors (Lipinski definition) is 1. The Morgan fingerprint density at radius 1 is 1.23 bits per heavy atom. The number of ether oxygens (including phenoxy) is 1. The van der Waals surface area contributed by atoms with Gasteiger partial charge in [0.05, 0.1) is 18.5 Å². The lowest BCUT2D eigenvalue weighted by molar-refractivity contribution is -0.114. The van der Waals surface area contributed by atoms with Gasteiger partial charge in [0.1, 0.15) is 18.1 Å². The second kappa shape index (κ2) is 5.77. The van der Waals surface area contributed by atoms with E-state index in [1.807, 2.05) is 0 Å². The first-order valence-corrected chi connectivity index (χ1v) is 6.94. The van der Waals surface area contributed by atoms with Gasteiger partial charge in [0, 0.05) is 16.1 Å². The molecule has 1 heterocycles. The molecule has 0 unspecified atom stereocenters. The molecule has 0 fully saturated rings. The average Bonchev–Trinajstić information content (AvgIpc) is 2.65. The summed E-state index contributed by atoms with van der Waals surface area (Å²) in [6.07, 6.45) is 0. The van der Waals surface area contributed by atoms with Gasteiger partial charge in [-0.25, -0.2) is 4.39 Å². The minimum atomic E-state index is -0.413. The molecule has 0 bridgehead atoms. The van der Waals surface area contributed by atoms with E-state index in [4.69, 9.17) is 16.3 Å². The van der Waals surface area contributed by atoms with E-state index in [2.05, 4.69) is 10.3 Å². The molecular weight excluding hydrogens is 307 g/mol. The number of aliphatic imine (C=N–C) groups is 1. The van der Waals surface area contributed by atoms with Gasteiger partial charge in [0.2, 0.25) is 5.91 Å². The Kier molecular flexibility index (Phi) is 3.81. The van der Waals surface area contributed by atoms with Crippen molar-refractivity contribution in [1.82, 2.24) is 0 Å². The Balaban J connectivity index is 2.24. The standard InChI is InChI=1S/C16H12ClFN2O2/c1-22-14-5-2-9(17)6-12(14)16-11-7-10(18)3-4-13(11)20-15(21)8-19-16/h2-7H,8H2,1H3,(H,20,21). The molecule has 0 spiro atoms. The van der Waals surface area contributed by atoms with Crippen molar-refractivity contribution in [1.29, 1.82) is 0 Å². The van der Waals surface area contributed by atoms with Crippen LogP contribution in [0.25, 0.3) is 0 Å². The van der Waals surface area contributed by atoms with Gasteiger partial charge in [0.15, 0.2) is 0 Å². The number of benzene rings is 2. The Hall–Kier alpha value is -2.40. The lowest BCUT2D eigenvalue weighted by Crippen LogP contribution is -2.13. The van der Waals surface area contributed by atoms with Crippen LogP contribution < -0.4 is 10.1 Å². The van der Waals surface area contributed by atoms with Crippen LogP contribution in [0.15, 0.2) is 41.4 Å². The predicted molar refractivity (Wildman–Crippen MR) is 83.5 cm³/mol. The van der Waals surface area contributed by atoms with Crippen LogP contribution in [0.2, 0.25) is 5.02 Å². The van der Waals surface area contributed by atoms with Crippen molar-refractivity contribution in [2.45, 2.75) is 0 Å². The highest BCUT2D eigenvalue weighted by molar-refractivity contribution is 6.31. The molecule has 112 valence electrons. The fraction of sp³-hybridized carbons (Fsp3) is 0.125. The summed E-state index contributed by atoms with van der Waals surface area (Å²) < 4.78 is 19.0. The van der Waals surface area contributed by atoms with Crippen LogP contribution in [-0.4, -0.2) is 25.3 Å². The number of rotatable bonds is 2. The molecule has 1 aliphatic rings. The first-order valence-electron chi connectivity index (χ1n) is 6.56. The highest BCUT2D eigenvalue weighted by Gasteiger charge is 2.21. The van der Waals surface area contributed by atoms with Gasteiger partial charge in [-0.05, 0) is 36.4 Å². The molecule has 2 aromatic carbocycles. The second-order valence-corrected chi connectivity index (χ2v) is 5.18. The van der Waals surface area contributed by atoms with E-state index in [0.29, 0.717) is 33.3 Å². The molecule has 1 amide bonds. The minimum Gasteiger partial charge on any atom is -0.496 e. The first kappa shape index (κ1) is 14.5. The summed E-state index contributed by atoms with van der Waals surface area (Å²) in [5.41, 5.74) is 2.07. The zero-order valence-corrected chi connectivity index (χ0v) is 12.4. The SMILES string of the molecule is COc1ccc(Cl)cc1C1=NCC(=O)Nc2ccc(F)cc21. The van der Waals surface area contributed by atoms with E-state index in [-0.39, 0.29) is 12.5 Å². The van der Waals surface area contributed by atoms with Gasteiger partial charge in [-0.1, -0.05) is 11.6 Å². The van der Waals surface area contributed by atoms with Crippen LogP contribution in [-0.2, 0) is 4.79 Å². The molecule has 0 aliphatic carbocycles. The van der Waals surface area contributed by atoms with E-state index < -0.39 is 5.82 Å². The number of nitrogens with one attached hydrogen (secondary N) is 1. The monoisotopic (exact) mass is 318 g/mol. The van der Waals surface area contributed by atoms with Crippen molar-refractivity contribution in [3.63, 3.8) is 0 Å². The molecule has 3 rings (SSSR count). The summed E-state index contributed by atoms with van der Waals surface area (Å²) in [6, 6.07) is 9.22. The number of carbonyl (C=O) groups excluding carboxylic acids is 1. The maximum atomic E-state index is 13.7. The van der Waals surface area contributed by atoms with Gasteiger partial charge in [0.25, 0.3) is 0 Å². The first-order chi connectivity index (χ1) is 10.6. The molecule has 0 radical (unpaired) electrons. The van der Waals surface area contributed by atoms with Crippen LogP contribution in [0.5, 0.6) is 5.75 Å². The van der Waals surface area contributed by atoms with Crippen LogP contribution >= 0.6 is 11.6 Å². The molecule has 4 nitrogen and oxygen atoms in total. The Morgan fingerprint density at radius 3 is 2.82 bits per heavy atom. The summed E-state index contributed by atoms with van der Waals surface area (Å²) in [4.78, 5) is 16.1. The summed E-state index contributed by atoms with van der Waals surface area (Å²) >= 11 is 6.05. The van der Waals surface area contributed by atoms with E-state index in [0.717, 1.165) is 0 Å². The van der Waals surface area contributed by atoms with E-state index in [1.165, 1.54) is 25.3 Å². The van der Waals surface area contributed by atoms with E-state index in [9.17, 15) is 9.18 Å². The highest BCUT2D eigenvalue weighted by Crippen LogP contribution is 2.30. The minimum absolute atomic E-state index is 0.0543. The molecule has 0 saturated carbocycles. The zero-order valence-electron chi connectivity index (χ0n) is 11.7. The van der Waals surface area contributed by atoms with Crippen molar-refractivity contribution >= 4 is 28.9 Å². The molecule has 6 heteroatoms. The zero-order chi connectivity index (χ0) is 15.7. The number of amides is 1. The molecule has 0 atom stereocenters. The lowest BCUT2D eigenvalue weighted by Gasteiger charge is -2.13. The Bertz CT molecular complexity index is 790. The van der Waals surface area contributed by atoms with Gasteiger partial charge in [-0.3, -0.25) is 9.79 Å². The number of nitrogens with zero attached hydrogens (tertiary/aromatic N) is 1. The number of methoxy groups -OCH3 is 1. The predicted octanol–water partition coefficient (Wildman–Crippen LogP) is 3.28. The summed E-state index contributed by atoms with van der Waals surface area (Å²) in [5, 5.41) is 3.21. The smallest absolute Gasteiger partial charge is 0.246 e. The van der Waals surface area contributed by atoms with Crippen molar-refractivity contribution in [3.05, 3.63) is 58.4 Å². The third-order valence-corrected chi connectivity index (χ3v) is 3.54. The van der Waals surface area contributed by atoms with Crippen molar-refractivity contribution in [2.24, 2.45) is 4.99 Å². The maximum Gasteiger partial charge on any atom is 0.246 e. The normalized spacial score (nSPS) is 13.8. The fourth-order valence-electron chi connectivity index (χ4n) is 2.34.